The Bertz CT molecular complexity index is 362. The molecule has 0 aliphatic carbocycles. The van der Waals surface area contributed by atoms with Crippen LogP contribution in [-0.4, -0.2) is 25.3 Å². The molecule has 0 radical (unpaired) electrons. The summed E-state index contributed by atoms with van der Waals surface area (Å²) in [5.41, 5.74) is 1.83. The molecule has 0 atom stereocenters. The number of ether oxygens (including phenoxy) is 1. The van der Waals surface area contributed by atoms with E-state index in [4.69, 9.17) is 4.74 Å². The molecule has 2 nitrogen and oxygen atoms in total. The molecular weight excluding hydrogens is 222 g/mol. The summed E-state index contributed by atoms with van der Waals surface area (Å²) in [6.07, 6.45) is 2.31. The van der Waals surface area contributed by atoms with Crippen LogP contribution in [0.25, 0.3) is 0 Å². The standard InChI is InChI=1S/C16H25NO/c1-15(2,3)18-10-9-16(12-17-13-16)11-14-7-5-4-6-8-14/h4-8,17H,9-13H2,1-3H3. The van der Waals surface area contributed by atoms with Crippen LogP contribution in [0.1, 0.15) is 32.8 Å². The Hall–Kier alpha value is -0.860. The maximum absolute atomic E-state index is 5.87. The molecule has 2 rings (SSSR count). The highest BCUT2D eigenvalue weighted by Gasteiger charge is 2.36. The predicted octanol–water partition coefficient (Wildman–Crippen LogP) is 3.02. The molecule has 1 heterocycles. The molecule has 1 aliphatic rings. The molecule has 0 spiro atoms. The summed E-state index contributed by atoms with van der Waals surface area (Å²) in [6.45, 7) is 9.46. The average molecular weight is 247 g/mol. The van der Waals surface area contributed by atoms with Gasteiger partial charge in [-0.3, -0.25) is 0 Å². The van der Waals surface area contributed by atoms with Gasteiger partial charge in [0.15, 0.2) is 0 Å². The first-order valence-corrected chi connectivity index (χ1v) is 6.88. The van der Waals surface area contributed by atoms with Crippen LogP contribution in [0, 0.1) is 5.41 Å². The van der Waals surface area contributed by atoms with Crippen LogP contribution >= 0.6 is 0 Å². The van der Waals surface area contributed by atoms with E-state index in [9.17, 15) is 0 Å². The molecule has 0 unspecified atom stereocenters. The van der Waals surface area contributed by atoms with Crippen molar-refractivity contribution in [1.29, 1.82) is 0 Å². The summed E-state index contributed by atoms with van der Waals surface area (Å²) in [5, 5.41) is 3.41. The Morgan fingerprint density at radius 3 is 2.33 bits per heavy atom. The quantitative estimate of drug-likeness (QED) is 0.863. The number of nitrogens with one attached hydrogen (secondary N) is 1. The molecule has 1 fully saturated rings. The van der Waals surface area contributed by atoms with E-state index in [1.165, 1.54) is 5.56 Å². The Kier molecular flexibility index (Phi) is 4.08. The van der Waals surface area contributed by atoms with Crippen molar-refractivity contribution < 1.29 is 4.74 Å². The highest BCUT2D eigenvalue weighted by atomic mass is 16.5. The zero-order chi connectivity index (χ0) is 13.1. The van der Waals surface area contributed by atoms with E-state index >= 15 is 0 Å². The van der Waals surface area contributed by atoms with Crippen LogP contribution in [0.5, 0.6) is 0 Å². The Balaban J connectivity index is 1.87. The zero-order valence-corrected chi connectivity index (χ0v) is 11.8. The predicted molar refractivity (Wildman–Crippen MR) is 75.8 cm³/mol. The maximum atomic E-state index is 5.87. The van der Waals surface area contributed by atoms with Crippen molar-refractivity contribution in [2.75, 3.05) is 19.7 Å². The van der Waals surface area contributed by atoms with Crippen LogP contribution in [0.3, 0.4) is 0 Å². The van der Waals surface area contributed by atoms with E-state index in [0.29, 0.717) is 5.41 Å². The summed E-state index contributed by atoms with van der Waals surface area (Å²) in [7, 11) is 0. The fraction of sp³-hybridized carbons (Fsp3) is 0.625. The van der Waals surface area contributed by atoms with Gasteiger partial charge >= 0.3 is 0 Å². The topological polar surface area (TPSA) is 21.3 Å². The molecular formula is C16H25NO. The number of hydrogen-bond acceptors (Lipinski definition) is 2. The first-order valence-electron chi connectivity index (χ1n) is 6.88. The third-order valence-corrected chi connectivity index (χ3v) is 3.59. The van der Waals surface area contributed by atoms with E-state index < -0.39 is 0 Å². The second kappa shape index (κ2) is 5.41. The molecule has 0 amide bonds. The molecule has 0 bridgehead atoms. The van der Waals surface area contributed by atoms with Gasteiger partial charge in [0.05, 0.1) is 5.60 Å². The van der Waals surface area contributed by atoms with Crippen molar-refractivity contribution in [3.8, 4) is 0 Å². The lowest BCUT2D eigenvalue weighted by Crippen LogP contribution is -2.55. The average Bonchev–Trinajstić information content (AvgIpc) is 2.25. The van der Waals surface area contributed by atoms with Gasteiger partial charge in [-0.2, -0.15) is 0 Å². The van der Waals surface area contributed by atoms with Crippen molar-refractivity contribution in [2.24, 2.45) is 5.41 Å². The van der Waals surface area contributed by atoms with Crippen LogP contribution in [-0.2, 0) is 11.2 Å². The van der Waals surface area contributed by atoms with Crippen molar-refractivity contribution in [2.45, 2.75) is 39.2 Å². The molecule has 1 aromatic carbocycles. The molecule has 2 heteroatoms. The maximum Gasteiger partial charge on any atom is 0.0598 e. The summed E-state index contributed by atoms with van der Waals surface area (Å²) >= 11 is 0. The van der Waals surface area contributed by atoms with Gasteiger partial charge in [-0.1, -0.05) is 30.3 Å². The monoisotopic (exact) mass is 247 g/mol. The second-order valence-corrected chi connectivity index (χ2v) is 6.48. The molecule has 0 aromatic heterocycles. The third kappa shape index (κ3) is 3.82. The smallest absolute Gasteiger partial charge is 0.0598 e. The van der Waals surface area contributed by atoms with Crippen LogP contribution < -0.4 is 5.32 Å². The Morgan fingerprint density at radius 1 is 1.17 bits per heavy atom. The van der Waals surface area contributed by atoms with Gasteiger partial charge in [0, 0.05) is 25.1 Å². The first kappa shape index (κ1) is 13.6. The number of benzene rings is 1. The van der Waals surface area contributed by atoms with Gasteiger partial charge in [0.25, 0.3) is 0 Å². The molecule has 1 N–H and O–H groups in total. The van der Waals surface area contributed by atoms with E-state index in [2.05, 4.69) is 56.4 Å². The van der Waals surface area contributed by atoms with Gasteiger partial charge in [-0.25, -0.2) is 0 Å². The van der Waals surface area contributed by atoms with Crippen molar-refractivity contribution >= 4 is 0 Å². The fourth-order valence-corrected chi connectivity index (χ4v) is 2.47. The fourth-order valence-electron chi connectivity index (χ4n) is 2.47. The lowest BCUT2D eigenvalue weighted by molar-refractivity contribution is -0.0262. The van der Waals surface area contributed by atoms with Gasteiger partial charge < -0.3 is 10.1 Å². The summed E-state index contributed by atoms with van der Waals surface area (Å²) in [4.78, 5) is 0. The number of rotatable bonds is 5. The second-order valence-electron chi connectivity index (χ2n) is 6.48. The van der Waals surface area contributed by atoms with Crippen molar-refractivity contribution in [3.05, 3.63) is 35.9 Å². The summed E-state index contributed by atoms with van der Waals surface area (Å²) < 4.78 is 5.87. The van der Waals surface area contributed by atoms with Crippen molar-refractivity contribution in [1.82, 2.24) is 5.32 Å². The minimum Gasteiger partial charge on any atom is -0.376 e. The summed E-state index contributed by atoms with van der Waals surface area (Å²) in [5.74, 6) is 0. The van der Waals surface area contributed by atoms with E-state index in [1.807, 2.05) is 0 Å². The summed E-state index contributed by atoms with van der Waals surface area (Å²) in [6, 6.07) is 10.8. The lowest BCUT2D eigenvalue weighted by Gasteiger charge is -2.43. The molecule has 0 saturated carbocycles. The van der Waals surface area contributed by atoms with Crippen LogP contribution in [0.15, 0.2) is 30.3 Å². The van der Waals surface area contributed by atoms with Crippen LogP contribution in [0.2, 0.25) is 0 Å². The highest BCUT2D eigenvalue weighted by Crippen LogP contribution is 2.32. The SMILES string of the molecule is CC(C)(C)OCCC1(Cc2ccccc2)CNC1. The van der Waals surface area contributed by atoms with E-state index in [1.54, 1.807) is 0 Å². The number of hydrogen-bond donors (Lipinski definition) is 1. The molecule has 18 heavy (non-hydrogen) atoms. The minimum absolute atomic E-state index is 0.0227. The third-order valence-electron chi connectivity index (χ3n) is 3.59. The van der Waals surface area contributed by atoms with Gasteiger partial charge in [-0.05, 0) is 39.2 Å². The van der Waals surface area contributed by atoms with Gasteiger partial charge in [-0.15, -0.1) is 0 Å². The zero-order valence-electron chi connectivity index (χ0n) is 11.8. The van der Waals surface area contributed by atoms with Crippen LogP contribution in [0.4, 0.5) is 0 Å². The minimum atomic E-state index is -0.0227. The van der Waals surface area contributed by atoms with Gasteiger partial charge in [0.1, 0.15) is 0 Å². The van der Waals surface area contributed by atoms with Gasteiger partial charge in [0.2, 0.25) is 0 Å². The molecule has 100 valence electrons. The van der Waals surface area contributed by atoms with E-state index in [-0.39, 0.29) is 5.60 Å². The Morgan fingerprint density at radius 2 is 1.83 bits per heavy atom. The van der Waals surface area contributed by atoms with E-state index in [0.717, 1.165) is 32.5 Å². The Labute approximate surface area is 111 Å². The molecule has 1 aromatic rings. The first-order chi connectivity index (χ1) is 8.49. The largest absolute Gasteiger partial charge is 0.376 e. The lowest BCUT2D eigenvalue weighted by atomic mass is 9.74. The molecule has 1 aliphatic heterocycles. The van der Waals surface area contributed by atoms with Crippen molar-refractivity contribution in [3.63, 3.8) is 0 Å². The molecule has 1 saturated heterocycles. The highest BCUT2D eigenvalue weighted by molar-refractivity contribution is 5.18. The normalized spacial score (nSPS) is 18.4.